The van der Waals surface area contributed by atoms with Crippen LogP contribution >= 0.6 is 11.8 Å². The van der Waals surface area contributed by atoms with Crippen LogP contribution in [0.25, 0.3) is 0 Å². The number of hydrogen-bond donors (Lipinski definition) is 2. The van der Waals surface area contributed by atoms with Gasteiger partial charge < -0.3 is 5.32 Å². The maximum absolute atomic E-state index is 13.4. The fraction of sp³-hybridized carbons (Fsp3) is 0.333. The van der Waals surface area contributed by atoms with Crippen molar-refractivity contribution in [2.45, 2.75) is 30.5 Å². The van der Waals surface area contributed by atoms with Crippen molar-refractivity contribution in [1.29, 1.82) is 0 Å². The predicted octanol–water partition coefficient (Wildman–Crippen LogP) is 3.90. The fourth-order valence-electron chi connectivity index (χ4n) is 2.62. The van der Waals surface area contributed by atoms with Crippen LogP contribution in [0.3, 0.4) is 0 Å². The Bertz CT molecular complexity index is 757. The summed E-state index contributed by atoms with van der Waals surface area (Å²) in [6.07, 6.45) is -4.46. The summed E-state index contributed by atoms with van der Waals surface area (Å²) in [5.74, 6) is 0.0288. The lowest BCUT2D eigenvalue weighted by atomic mass is 9.98. The molecule has 0 aliphatic carbocycles. The van der Waals surface area contributed by atoms with Crippen LogP contribution in [0.2, 0.25) is 0 Å². The first-order valence-electron chi connectivity index (χ1n) is 6.96. The third-order valence-electron chi connectivity index (χ3n) is 3.76. The van der Waals surface area contributed by atoms with Crippen molar-refractivity contribution in [2.75, 3.05) is 5.32 Å². The van der Waals surface area contributed by atoms with Crippen molar-refractivity contribution in [3.05, 3.63) is 46.6 Å². The Kier molecular flexibility index (Phi) is 3.87. The Hall–Kier alpha value is -1.96. The smallest absolute Gasteiger partial charge is 0.308 e. The number of H-pyrrole nitrogens is 1. The average molecular weight is 341 g/mol. The van der Waals surface area contributed by atoms with Gasteiger partial charge in [0.2, 0.25) is 5.91 Å². The molecule has 23 heavy (non-hydrogen) atoms. The lowest BCUT2D eigenvalue weighted by Crippen LogP contribution is -2.21. The first kappa shape index (κ1) is 15.9. The lowest BCUT2D eigenvalue weighted by Gasteiger charge is -2.21. The molecule has 2 heterocycles. The highest BCUT2D eigenvalue weighted by atomic mass is 32.2. The molecular formula is C15H14F3N3OS. The number of carbonyl (C=O) groups is 1. The van der Waals surface area contributed by atoms with Gasteiger partial charge in [0.25, 0.3) is 0 Å². The van der Waals surface area contributed by atoms with E-state index in [0.29, 0.717) is 17.1 Å². The third kappa shape index (κ3) is 2.83. The van der Waals surface area contributed by atoms with Crippen LogP contribution in [0.1, 0.15) is 34.6 Å². The lowest BCUT2D eigenvalue weighted by molar-refractivity contribution is -0.138. The molecule has 122 valence electrons. The maximum Gasteiger partial charge on any atom is 0.416 e. The Morgan fingerprint density at radius 3 is 2.65 bits per heavy atom. The van der Waals surface area contributed by atoms with Crippen molar-refractivity contribution < 1.29 is 18.0 Å². The summed E-state index contributed by atoms with van der Waals surface area (Å²) in [5, 5.41) is 8.31. The number of carbonyl (C=O) groups excluding carboxylic acids is 1. The van der Waals surface area contributed by atoms with Gasteiger partial charge in [-0.1, -0.05) is 18.2 Å². The van der Waals surface area contributed by atoms with Gasteiger partial charge in [-0.05, 0) is 25.5 Å². The van der Waals surface area contributed by atoms with Crippen molar-refractivity contribution >= 4 is 23.5 Å². The highest BCUT2D eigenvalue weighted by Crippen LogP contribution is 2.48. The number of fused-ring (bicyclic) bond motifs is 1. The van der Waals surface area contributed by atoms with Gasteiger partial charge in [-0.25, -0.2) is 0 Å². The van der Waals surface area contributed by atoms with Crippen molar-refractivity contribution in [3.8, 4) is 0 Å². The number of amides is 1. The van der Waals surface area contributed by atoms with E-state index in [9.17, 15) is 18.0 Å². The van der Waals surface area contributed by atoms with Crippen LogP contribution in [0, 0.1) is 6.92 Å². The third-order valence-corrected chi connectivity index (χ3v) is 5.14. The highest BCUT2D eigenvalue weighted by molar-refractivity contribution is 8.01. The highest BCUT2D eigenvalue weighted by Gasteiger charge is 2.39. The number of anilines is 1. The molecule has 3 rings (SSSR count). The van der Waals surface area contributed by atoms with E-state index in [1.54, 1.807) is 19.9 Å². The number of benzene rings is 1. The molecule has 1 aliphatic heterocycles. The summed E-state index contributed by atoms with van der Waals surface area (Å²) in [7, 11) is 0. The molecule has 4 nitrogen and oxygen atoms in total. The monoisotopic (exact) mass is 341 g/mol. The van der Waals surface area contributed by atoms with E-state index in [2.05, 4.69) is 15.5 Å². The van der Waals surface area contributed by atoms with Gasteiger partial charge in [-0.2, -0.15) is 18.3 Å². The van der Waals surface area contributed by atoms with Gasteiger partial charge in [0.15, 0.2) is 5.82 Å². The first-order chi connectivity index (χ1) is 10.8. The van der Waals surface area contributed by atoms with E-state index in [1.807, 2.05) is 0 Å². The molecular weight excluding hydrogens is 327 g/mol. The van der Waals surface area contributed by atoms with Gasteiger partial charge >= 0.3 is 6.18 Å². The molecule has 0 unspecified atom stereocenters. The Morgan fingerprint density at radius 1 is 1.26 bits per heavy atom. The van der Waals surface area contributed by atoms with E-state index in [4.69, 9.17) is 0 Å². The number of hydrogen-bond acceptors (Lipinski definition) is 3. The number of aromatic amines is 1. The number of rotatable bonds is 1. The standard InChI is InChI=1S/C15H14F3N3OS/c1-7-11-12(9-5-3-4-6-10(9)15(16,17)18)23-8(2)14(22)19-13(11)21-20-7/h3-6,8,12H,1-2H3,(H2,19,20,21,22)/t8-,12+/m0/s1. The zero-order chi connectivity index (χ0) is 16.8. The van der Waals surface area contributed by atoms with E-state index in [-0.39, 0.29) is 11.5 Å². The van der Waals surface area contributed by atoms with Crippen LogP contribution in [0.15, 0.2) is 24.3 Å². The normalized spacial score (nSPS) is 21.5. The van der Waals surface area contributed by atoms with Crippen molar-refractivity contribution in [1.82, 2.24) is 10.2 Å². The van der Waals surface area contributed by atoms with Crippen LogP contribution in [0.5, 0.6) is 0 Å². The SMILES string of the molecule is Cc1[nH]nc2c1[C@@H](c1ccccc1C(F)(F)F)S[C@@H](C)C(=O)N2. The van der Waals surface area contributed by atoms with E-state index in [0.717, 1.165) is 6.07 Å². The molecule has 1 aromatic heterocycles. The second-order valence-corrected chi connectivity index (χ2v) is 6.79. The summed E-state index contributed by atoms with van der Waals surface area (Å²) in [4.78, 5) is 12.0. The molecule has 2 N–H and O–H groups in total. The number of nitrogens with zero attached hydrogens (tertiary/aromatic N) is 1. The summed E-state index contributed by atoms with van der Waals surface area (Å²) in [6, 6.07) is 5.46. The van der Waals surface area contributed by atoms with Gasteiger partial charge in [-0.15, -0.1) is 11.8 Å². The van der Waals surface area contributed by atoms with Gasteiger partial charge in [0, 0.05) is 11.3 Å². The summed E-state index contributed by atoms with van der Waals surface area (Å²) in [6.45, 7) is 3.41. The minimum atomic E-state index is -4.46. The number of aryl methyl sites for hydroxylation is 1. The quantitative estimate of drug-likeness (QED) is 0.827. The number of aromatic nitrogens is 2. The van der Waals surface area contributed by atoms with Gasteiger partial charge in [-0.3, -0.25) is 9.89 Å². The number of nitrogens with one attached hydrogen (secondary N) is 2. The summed E-state index contributed by atoms with van der Waals surface area (Å²) < 4.78 is 40.1. The van der Waals surface area contributed by atoms with Gasteiger partial charge in [0.05, 0.1) is 16.1 Å². The summed E-state index contributed by atoms with van der Waals surface area (Å²) >= 11 is 1.19. The molecule has 0 fully saturated rings. The second kappa shape index (κ2) is 5.59. The number of halogens is 3. The minimum absolute atomic E-state index is 0.138. The zero-order valence-electron chi connectivity index (χ0n) is 12.4. The molecule has 8 heteroatoms. The van der Waals surface area contributed by atoms with Crippen LogP contribution in [-0.2, 0) is 11.0 Å². The molecule has 1 amide bonds. The van der Waals surface area contributed by atoms with E-state index >= 15 is 0 Å². The molecule has 0 saturated carbocycles. The van der Waals surface area contributed by atoms with Gasteiger partial charge in [0.1, 0.15) is 0 Å². The van der Waals surface area contributed by atoms with Crippen LogP contribution < -0.4 is 5.32 Å². The molecule has 0 bridgehead atoms. The molecule has 2 aromatic rings. The molecule has 1 aliphatic rings. The zero-order valence-corrected chi connectivity index (χ0v) is 13.2. The Balaban J connectivity index is 2.19. The fourth-order valence-corrected chi connectivity index (χ4v) is 3.99. The van der Waals surface area contributed by atoms with Crippen molar-refractivity contribution in [3.63, 3.8) is 0 Å². The molecule has 2 atom stereocenters. The Labute approximate surface area is 134 Å². The number of thioether (sulfide) groups is 1. The largest absolute Gasteiger partial charge is 0.416 e. The first-order valence-corrected chi connectivity index (χ1v) is 7.90. The van der Waals surface area contributed by atoms with E-state index < -0.39 is 22.2 Å². The minimum Gasteiger partial charge on any atom is -0.308 e. The molecule has 0 radical (unpaired) electrons. The maximum atomic E-state index is 13.4. The predicted molar refractivity (Wildman–Crippen MR) is 82.3 cm³/mol. The average Bonchev–Trinajstić information content (AvgIpc) is 2.78. The topological polar surface area (TPSA) is 57.8 Å². The number of alkyl halides is 3. The summed E-state index contributed by atoms with van der Waals surface area (Å²) in [5.41, 5.74) is 0.679. The van der Waals surface area contributed by atoms with Crippen LogP contribution in [0.4, 0.5) is 19.0 Å². The molecule has 1 aromatic carbocycles. The Morgan fingerprint density at radius 2 is 1.96 bits per heavy atom. The van der Waals surface area contributed by atoms with Crippen molar-refractivity contribution in [2.24, 2.45) is 0 Å². The van der Waals surface area contributed by atoms with E-state index in [1.165, 1.54) is 23.9 Å². The van der Waals surface area contributed by atoms with Crippen LogP contribution in [-0.4, -0.2) is 21.4 Å². The molecule has 0 spiro atoms. The molecule has 0 saturated heterocycles. The second-order valence-electron chi connectivity index (χ2n) is 5.34.